The van der Waals surface area contributed by atoms with Gasteiger partial charge in [-0.2, -0.15) is 0 Å². The number of carbonyl (C=O) groups is 2. The highest BCUT2D eigenvalue weighted by molar-refractivity contribution is 5.90. The summed E-state index contributed by atoms with van der Waals surface area (Å²) >= 11 is 0. The van der Waals surface area contributed by atoms with Gasteiger partial charge in [0.25, 0.3) is 0 Å². The monoisotopic (exact) mass is 506 g/mol. The molecule has 2 amide bonds. The normalized spacial score (nSPS) is 20.1. The molecule has 0 unspecified atom stereocenters. The van der Waals surface area contributed by atoms with E-state index in [0.29, 0.717) is 6.54 Å². The Balaban J connectivity index is 0.00000432. The van der Waals surface area contributed by atoms with E-state index in [0.717, 1.165) is 51.7 Å². The van der Waals surface area contributed by atoms with Gasteiger partial charge in [-0.3, -0.25) is 19.5 Å². The van der Waals surface area contributed by atoms with Gasteiger partial charge < -0.3 is 10.2 Å². The fourth-order valence-corrected chi connectivity index (χ4v) is 5.45. The Morgan fingerprint density at radius 2 is 1.49 bits per heavy atom. The van der Waals surface area contributed by atoms with Crippen LogP contribution in [-0.2, 0) is 16.1 Å². The average molecular weight is 507 g/mol. The highest BCUT2D eigenvalue weighted by atomic mass is 35.5. The topological polar surface area (TPSA) is 65.5 Å². The summed E-state index contributed by atoms with van der Waals surface area (Å²) in [6.07, 6.45) is 20.1. The van der Waals surface area contributed by atoms with E-state index in [1.807, 2.05) is 17.0 Å². The molecule has 0 radical (unpaired) electrons. The first-order chi connectivity index (χ1) is 16.7. The van der Waals surface area contributed by atoms with E-state index in [-0.39, 0.29) is 36.3 Å². The minimum absolute atomic E-state index is 0. The van der Waals surface area contributed by atoms with Gasteiger partial charge in [0.05, 0.1) is 6.04 Å². The van der Waals surface area contributed by atoms with Gasteiger partial charge in [-0.05, 0) is 56.3 Å². The molecule has 1 aromatic heterocycles. The Kier molecular flexibility index (Phi) is 14.3. The van der Waals surface area contributed by atoms with Crippen LogP contribution < -0.4 is 5.32 Å². The van der Waals surface area contributed by atoms with Crippen molar-refractivity contribution in [2.45, 2.75) is 115 Å². The molecule has 3 heterocycles. The molecule has 1 aromatic rings. The molecule has 2 fully saturated rings. The summed E-state index contributed by atoms with van der Waals surface area (Å²) in [6, 6.07) is 3.63. The summed E-state index contributed by atoms with van der Waals surface area (Å²) in [4.78, 5) is 34.5. The first kappa shape index (κ1) is 29.6. The SMILES string of the molecule is CCCCCCCCCCCCNC(=O)[C@@H]1CCCN1C(=O)[C@@H]1CCCN1Cc1ccncc1.Cl. The molecule has 2 atom stereocenters. The minimum atomic E-state index is -0.293. The maximum Gasteiger partial charge on any atom is 0.242 e. The molecule has 2 aliphatic heterocycles. The number of aromatic nitrogens is 1. The van der Waals surface area contributed by atoms with Gasteiger partial charge in [0.1, 0.15) is 6.04 Å². The lowest BCUT2D eigenvalue weighted by molar-refractivity contribution is -0.142. The van der Waals surface area contributed by atoms with Gasteiger partial charge >= 0.3 is 0 Å². The second-order valence-corrected chi connectivity index (χ2v) is 10.1. The summed E-state index contributed by atoms with van der Waals surface area (Å²) in [6.45, 7) is 5.39. The number of nitrogens with one attached hydrogen (secondary N) is 1. The van der Waals surface area contributed by atoms with Crippen LogP contribution in [0.4, 0.5) is 0 Å². The summed E-state index contributed by atoms with van der Waals surface area (Å²) in [5.41, 5.74) is 1.18. The first-order valence-electron chi connectivity index (χ1n) is 13.9. The van der Waals surface area contributed by atoms with Crippen LogP contribution >= 0.6 is 12.4 Å². The van der Waals surface area contributed by atoms with Gasteiger partial charge in [-0.1, -0.05) is 64.7 Å². The van der Waals surface area contributed by atoms with E-state index in [2.05, 4.69) is 22.1 Å². The Bertz CT molecular complexity index is 733. The van der Waals surface area contributed by atoms with Crippen molar-refractivity contribution in [3.63, 3.8) is 0 Å². The molecule has 35 heavy (non-hydrogen) atoms. The smallest absolute Gasteiger partial charge is 0.242 e. The van der Waals surface area contributed by atoms with Crippen LogP contribution in [0.1, 0.15) is 102 Å². The number of carbonyl (C=O) groups excluding carboxylic acids is 2. The van der Waals surface area contributed by atoms with Gasteiger partial charge in [-0.15, -0.1) is 12.4 Å². The molecule has 0 aromatic carbocycles. The zero-order chi connectivity index (χ0) is 24.0. The van der Waals surface area contributed by atoms with Crippen molar-refractivity contribution in [2.75, 3.05) is 19.6 Å². The number of nitrogens with zero attached hydrogens (tertiary/aromatic N) is 3. The molecule has 0 bridgehead atoms. The van der Waals surface area contributed by atoms with Gasteiger partial charge in [-0.25, -0.2) is 0 Å². The number of hydrogen-bond donors (Lipinski definition) is 1. The van der Waals surface area contributed by atoms with Crippen LogP contribution in [-0.4, -0.2) is 58.3 Å². The van der Waals surface area contributed by atoms with Crippen molar-refractivity contribution in [3.8, 4) is 0 Å². The van der Waals surface area contributed by atoms with Crippen molar-refractivity contribution in [1.29, 1.82) is 0 Å². The van der Waals surface area contributed by atoms with Gasteiger partial charge in [0, 0.05) is 32.0 Å². The van der Waals surface area contributed by atoms with Crippen molar-refractivity contribution in [2.24, 2.45) is 0 Å². The van der Waals surface area contributed by atoms with Gasteiger partial charge in [0.15, 0.2) is 0 Å². The summed E-state index contributed by atoms with van der Waals surface area (Å²) in [7, 11) is 0. The van der Waals surface area contributed by atoms with E-state index in [4.69, 9.17) is 0 Å². The first-order valence-corrected chi connectivity index (χ1v) is 13.9. The Morgan fingerprint density at radius 3 is 2.17 bits per heavy atom. The van der Waals surface area contributed by atoms with E-state index < -0.39 is 0 Å². The van der Waals surface area contributed by atoms with Crippen LogP contribution in [0.15, 0.2) is 24.5 Å². The van der Waals surface area contributed by atoms with Crippen molar-refractivity contribution >= 4 is 24.2 Å². The highest BCUT2D eigenvalue weighted by Crippen LogP contribution is 2.26. The van der Waals surface area contributed by atoms with E-state index in [9.17, 15) is 9.59 Å². The van der Waals surface area contributed by atoms with Crippen molar-refractivity contribution in [1.82, 2.24) is 20.1 Å². The summed E-state index contributed by atoms with van der Waals surface area (Å²) in [5, 5.41) is 3.12. The van der Waals surface area contributed by atoms with Crippen LogP contribution in [0, 0.1) is 0 Å². The van der Waals surface area contributed by atoms with Crippen molar-refractivity contribution < 1.29 is 9.59 Å². The number of unbranched alkanes of at least 4 members (excludes halogenated alkanes) is 9. The maximum atomic E-state index is 13.4. The number of hydrogen-bond acceptors (Lipinski definition) is 4. The predicted molar refractivity (Wildman–Crippen MR) is 145 cm³/mol. The highest BCUT2D eigenvalue weighted by Gasteiger charge is 2.40. The van der Waals surface area contributed by atoms with Crippen LogP contribution in [0.25, 0.3) is 0 Å². The molecule has 2 aliphatic rings. The molecule has 3 rings (SSSR count). The Morgan fingerprint density at radius 1 is 0.886 bits per heavy atom. The van der Waals surface area contributed by atoms with E-state index >= 15 is 0 Å². The molecular formula is C28H47ClN4O2. The second-order valence-electron chi connectivity index (χ2n) is 10.1. The quantitative estimate of drug-likeness (QED) is 0.319. The van der Waals surface area contributed by atoms with Gasteiger partial charge in [0.2, 0.25) is 11.8 Å². The lowest BCUT2D eigenvalue weighted by Crippen LogP contribution is -2.51. The molecule has 7 heteroatoms. The molecule has 1 N–H and O–H groups in total. The minimum Gasteiger partial charge on any atom is -0.354 e. The van der Waals surface area contributed by atoms with E-state index in [1.54, 1.807) is 12.4 Å². The Hall–Kier alpha value is -1.66. The third-order valence-electron chi connectivity index (χ3n) is 7.45. The van der Waals surface area contributed by atoms with Crippen LogP contribution in [0.5, 0.6) is 0 Å². The number of pyridine rings is 1. The molecule has 2 saturated heterocycles. The maximum absolute atomic E-state index is 13.4. The average Bonchev–Trinajstić information content (AvgIpc) is 3.53. The molecule has 0 aliphatic carbocycles. The summed E-state index contributed by atoms with van der Waals surface area (Å²) in [5.74, 6) is 0.184. The zero-order valence-electron chi connectivity index (χ0n) is 21.8. The second kappa shape index (κ2) is 16.9. The molecule has 6 nitrogen and oxygen atoms in total. The fraction of sp³-hybridized carbons (Fsp3) is 0.750. The van der Waals surface area contributed by atoms with Crippen molar-refractivity contribution in [3.05, 3.63) is 30.1 Å². The standard InChI is InChI=1S/C28H46N4O2.ClH/c1-2-3-4-5-6-7-8-9-10-11-18-30-27(33)25-14-13-22-32(25)28(34)26-15-12-21-31(26)23-24-16-19-29-20-17-24;/h16-17,19-20,25-26H,2-15,18,21-23H2,1H3,(H,30,33);1H/t25-,26-;/m0./s1. The number of likely N-dealkylation sites (tertiary alicyclic amines) is 2. The largest absolute Gasteiger partial charge is 0.354 e. The fourth-order valence-electron chi connectivity index (χ4n) is 5.45. The molecule has 198 valence electrons. The molecular weight excluding hydrogens is 460 g/mol. The van der Waals surface area contributed by atoms with Crippen LogP contribution in [0.3, 0.4) is 0 Å². The van der Waals surface area contributed by atoms with Crippen LogP contribution in [0.2, 0.25) is 0 Å². The molecule has 0 saturated carbocycles. The zero-order valence-corrected chi connectivity index (χ0v) is 22.6. The number of halogens is 1. The van der Waals surface area contributed by atoms with E-state index in [1.165, 1.54) is 63.4 Å². The third-order valence-corrected chi connectivity index (χ3v) is 7.45. The number of rotatable bonds is 15. The predicted octanol–water partition coefficient (Wildman–Crippen LogP) is 5.50. The summed E-state index contributed by atoms with van der Waals surface area (Å²) < 4.78 is 0. The lowest BCUT2D eigenvalue weighted by atomic mass is 10.1. The Labute approximate surface area is 219 Å². The number of amides is 2. The third kappa shape index (κ3) is 9.72. The lowest BCUT2D eigenvalue weighted by Gasteiger charge is -2.31. The molecule has 0 spiro atoms.